The van der Waals surface area contributed by atoms with E-state index in [1.54, 1.807) is 35.1 Å². The van der Waals surface area contributed by atoms with E-state index in [9.17, 15) is 0 Å². The molecular weight excluding hydrogens is 1650 g/mol. The molecule has 0 amide bonds. The smallest absolute Gasteiger partial charge is 1.00 e. The number of thiazole rings is 2. The number of ether oxygens (including phenoxy) is 2. The molecule has 117 heavy (non-hydrogen) atoms. The van der Waals surface area contributed by atoms with Crippen LogP contribution in [0.25, 0.3) is 41.6 Å². The Morgan fingerprint density at radius 2 is 0.761 bits per heavy atom. The third-order valence-electron chi connectivity index (χ3n) is 18.7. The van der Waals surface area contributed by atoms with Crippen LogP contribution in [0.1, 0.15) is 76.3 Å². The fourth-order valence-corrected chi connectivity index (χ4v) is 15.5. The molecule has 4 heterocycles. The molecule has 0 aliphatic heterocycles. The zero-order valence-electron chi connectivity index (χ0n) is 67.4. The quantitative estimate of drug-likeness (QED) is 0.0226. The summed E-state index contributed by atoms with van der Waals surface area (Å²) in [6.45, 7) is 15.1. The number of nitrogens with zero attached hydrogens (tertiary/aromatic N) is 7. The first-order valence-corrected chi connectivity index (χ1v) is 41.0. The fourth-order valence-electron chi connectivity index (χ4n) is 12.6. The second-order valence-corrected chi connectivity index (χ2v) is 32.3. The number of hydrogen-bond donors (Lipinski definition) is 1. The molecule has 12 aromatic carbocycles. The van der Waals surface area contributed by atoms with Crippen molar-refractivity contribution in [1.29, 1.82) is 0 Å². The Kier molecular flexibility index (Phi) is 33.0. The van der Waals surface area contributed by atoms with Crippen molar-refractivity contribution in [3.8, 4) is 44.4 Å². The van der Waals surface area contributed by atoms with Gasteiger partial charge in [0, 0.05) is 83.4 Å². The van der Waals surface area contributed by atoms with Crippen LogP contribution in [0.5, 0.6) is 23.3 Å². The Hall–Kier alpha value is -8.72. The second kappa shape index (κ2) is 43.3. The number of para-hydroxylation sites is 2. The molecule has 0 unspecified atom stereocenters. The van der Waals surface area contributed by atoms with Gasteiger partial charge in [0.05, 0.1) is 53.2 Å². The van der Waals surface area contributed by atoms with Gasteiger partial charge < -0.3 is 41.1 Å². The van der Waals surface area contributed by atoms with Crippen molar-refractivity contribution in [2.45, 2.75) is 77.3 Å². The standard InChI is InChI=1S/C48H41ClN4OS.C41H35ClN4OS.C7H7Br.CH2O3.2K.H/c1-48(2,3)37-30-42(52(32-34-14-6-4-7-15-34)38-23-21-36(22-24-38)47-51-41-18-10-11-19-44(41)55-47)46(49)43(31-37)53(33-35-16-8-5-9-17-35)39-25-27-40(28-26-39)54-45-20-12-13-29-50-45;1-41(2,3)30-25-35(44-31-18-16-29(17-19-31)40-45-34-13-7-8-14-37(34)48-40)39(42)36(26-30)46(27-28-11-5-4-6-12-28)32-20-22-33(23-21-32)47-38-15-9-10-24-43-38;8-6-7-4-2-1-3-5-7;2-1-4-3;;;/h4-31H,32-33H2,1-3H3;4-26,44H,27H2,1-3H3;1-5H,6H2;1,3H;;;/q;;;;2*+1;-1/p-1. The first-order chi connectivity index (χ1) is 55.9. The van der Waals surface area contributed by atoms with Gasteiger partial charge in [-0.2, -0.15) is 0 Å². The number of nitrogens with one attached hydrogen (secondary N) is 1. The minimum absolute atomic E-state index is 0. The average molecular weight is 1740 g/mol. The number of alkyl halides is 1. The van der Waals surface area contributed by atoms with Gasteiger partial charge in [-0.3, -0.25) is 4.79 Å². The van der Waals surface area contributed by atoms with Gasteiger partial charge in [0.25, 0.3) is 6.47 Å². The summed E-state index contributed by atoms with van der Waals surface area (Å²) in [6, 6.07) is 112. The number of fused-ring (bicyclic) bond motifs is 2. The van der Waals surface area contributed by atoms with Crippen LogP contribution < -0.4 is 138 Å². The molecule has 1 N–H and O–H groups in total. The van der Waals surface area contributed by atoms with Crippen LogP contribution in [0.2, 0.25) is 10.0 Å². The third kappa shape index (κ3) is 24.5. The van der Waals surface area contributed by atoms with Crippen molar-refractivity contribution in [2.24, 2.45) is 0 Å². The third-order valence-corrected chi connectivity index (χ3v) is 22.3. The van der Waals surface area contributed by atoms with Crippen LogP contribution in [0.4, 0.5) is 45.5 Å². The Balaban J connectivity index is 0.000000214. The van der Waals surface area contributed by atoms with E-state index in [2.05, 4.69) is 317 Å². The number of halogens is 3. The zero-order chi connectivity index (χ0) is 80.1. The van der Waals surface area contributed by atoms with Gasteiger partial charge in [0.2, 0.25) is 11.8 Å². The van der Waals surface area contributed by atoms with Crippen LogP contribution in [-0.2, 0) is 45.5 Å². The summed E-state index contributed by atoms with van der Waals surface area (Å²) in [7, 11) is 0. The molecule has 0 aliphatic rings. The first kappa shape index (κ1) is 89.1. The summed E-state index contributed by atoms with van der Waals surface area (Å²) in [5.41, 5.74) is 18.7. The Morgan fingerprint density at radius 1 is 0.427 bits per heavy atom. The largest absolute Gasteiger partial charge is 1.00 e. The van der Waals surface area contributed by atoms with Gasteiger partial charge in [-0.15, -0.1) is 22.7 Å². The summed E-state index contributed by atoms with van der Waals surface area (Å²) in [6.07, 6.45) is 3.45. The minimum atomic E-state index is -0.181. The summed E-state index contributed by atoms with van der Waals surface area (Å²) in [4.78, 5) is 36.5. The number of carbonyl (C=O) groups excluding carboxylic acids is 1. The molecule has 20 heteroatoms. The van der Waals surface area contributed by atoms with Crippen LogP contribution >= 0.6 is 61.8 Å². The van der Waals surface area contributed by atoms with Gasteiger partial charge in [-0.1, -0.05) is 238 Å². The van der Waals surface area contributed by atoms with Gasteiger partial charge >= 0.3 is 103 Å². The Morgan fingerprint density at radius 3 is 1.10 bits per heavy atom. The van der Waals surface area contributed by atoms with E-state index >= 15 is 0 Å². The topological polar surface area (TPSA) is 141 Å². The van der Waals surface area contributed by atoms with E-state index < -0.39 is 0 Å². The van der Waals surface area contributed by atoms with E-state index in [0.29, 0.717) is 52.9 Å². The van der Waals surface area contributed by atoms with E-state index in [4.69, 9.17) is 52.7 Å². The van der Waals surface area contributed by atoms with E-state index in [1.165, 1.54) is 42.8 Å². The first-order valence-electron chi connectivity index (χ1n) is 37.4. The van der Waals surface area contributed by atoms with Crippen LogP contribution in [0.3, 0.4) is 0 Å². The molecule has 0 saturated carbocycles. The fraction of sp³-hybridized carbons (Fsp3) is 0.124. The summed E-state index contributed by atoms with van der Waals surface area (Å²) >= 11 is 21.9. The molecule has 16 rings (SSSR count). The van der Waals surface area contributed by atoms with Crippen molar-refractivity contribution in [2.75, 3.05) is 20.0 Å². The maximum Gasteiger partial charge on any atom is 1.00 e. The van der Waals surface area contributed by atoms with Crippen molar-refractivity contribution in [3.05, 3.63) is 383 Å². The molecule has 16 aromatic rings. The van der Waals surface area contributed by atoms with Crippen molar-refractivity contribution < 1.29 is 129 Å². The molecule has 13 nitrogen and oxygen atoms in total. The maximum atomic E-state index is 8.64. The zero-order valence-corrected chi connectivity index (χ0v) is 77.3. The number of aromatic nitrogens is 4. The van der Waals surface area contributed by atoms with Crippen molar-refractivity contribution in [1.82, 2.24) is 19.9 Å². The van der Waals surface area contributed by atoms with Crippen LogP contribution in [0.15, 0.2) is 340 Å². The molecule has 0 atom stereocenters. The summed E-state index contributed by atoms with van der Waals surface area (Å²) in [5, 5.41) is 16.3. The normalized spacial score (nSPS) is 10.9. The van der Waals surface area contributed by atoms with Gasteiger partial charge in [-0.25, -0.2) is 19.9 Å². The van der Waals surface area contributed by atoms with E-state index in [-0.39, 0.29) is 121 Å². The van der Waals surface area contributed by atoms with Crippen molar-refractivity contribution >= 4 is 134 Å². The van der Waals surface area contributed by atoms with E-state index in [0.717, 1.165) is 83.0 Å². The van der Waals surface area contributed by atoms with Crippen LogP contribution in [-0.4, -0.2) is 26.4 Å². The van der Waals surface area contributed by atoms with Crippen LogP contribution in [0, 0.1) is 0 Å². The molecule has 0 saturated heterocycles. The molecule has 4 aromatic heterocycles. The Bertz CT molecular complexity index is 5730. The second-order valence-electron chi connectivity index (χ2n) is 29.0. The number of carbonyl (C=O) groups is 1. The van der Waals surface area contributed by atoms with Crippen molar-refractivity contribution in [3.63, 3.8) is 0 Å². The van der Waals surface area contributed by atoms with Gasteiger partial charge in [0.15, 0.2) is 0 Å². The van der Waals surface area contributed by atoms with Gasteiger partial charge in [0.1, 0.15) is 21.5 Å². The Labute approximate surface area is 797 Å². The average Bonchev–Trinajstić information content (AvgIpc) is 1.37. The SMILES string of the molecule is BrCc1ccccc1.CC(C)(C)c1cc(N(Cc2ccccc2)c2ccc(Oc3ccccn3)cc2)c(Cl)c(N(Cc2ccccc2)c2ccc(-c3nc4ccccc4s3)cc2)c1.CC(C)(C)c1cc(Nc2ccc(-c3nc4ccccc4s3)cc2)c(Cl)c(N(Cc2ccccc2)c2ccc(Oc3ccccn3)cc2)c1.O=CO[O-].[H-].[K+].[K+]. The predicted molar refractivity (Wildman–Crippen MR) is 479 cm³/mol. The number of anilines is 8. The van der Waals surface area contributed by atoms with Gasteiger partial charge in [-0.05, 0) is 202 Å². The van der Waals surface area contributed by atoms with E-state index in [1.807, 2.05) is 103 Å². The monoisotopic (exact) mass is 1730 g/mol. The molecule has 578 valence electrons. The number of benzene rings is 12. The molecule has 0 bridgehead atoms. The molecule has 0 spiro atoms. The minimum Gasteiger partial charge on any atom is -1.00 e. The number of hydrogen-bond acceptors (Lipinski definition) is 15. The maximum absolute atomic E-state index is 8.64. The molecular formula is C97H85BrCl2K2N8O5S2. The number of pyridine rings is 2. The molecule has 0 aliphatic carbocycles. The predicted octanol–water partition coefficient (Wildman–Crippen LogP) is 21.1. The molecule has 0 radical (unpaired) electrons. The summed E-state index contributed by atoms with van der Waals surface area (Å²) < 4.78 is 14.4. The molecule has 0 fully saturated rings. The number of rotatable bonds is 22. The summed E-state index contributed by atoms with van der Waals surface area (Å²) in [5.74, 6) is 2.52.